The number of unbranched alkanes of at least 4 members (excludes halogenated alkanes) is 3. The van der Waals surface area contributed by atoms with Crippen molar-refractivity contribution in [2.45, 2.75) is 72.6 Å². The molecule has 0 atom stereocenters. The van der Waals surface area contributed by atoms with Crippen molar-refractivity contribution in [1.29, 1.82) is 0 Å². The van der Waals surface area contributed by atoms with Crippen LogP contribution in [0.25, 0.3) is 26.8 Å². The van der Waals surface area contributed by atoms with E-state index in [4.69, 9.17) is 0 Å². The molecule has 0 saturated heterocycles. The van der Waals surface area contributed by atoms with Crippen molar-refractivity contribution in [3.63, 3.8) is 0 Å². The van der Waals surface area contributed by atoms with Gasteiger partial charge in [-0.3, -0.25) is 0 Å². The average Bonchev–Trinajstić information content (AvgIpc) is 3.42. The Morgan fingerprint density at radius 2 is 1.13 bits per heavy atom. The Labute approximate surface area is 196 Å². The number of benzene rings is 2. The molecule has 4 aromatic rings. The van der Waals surface area contributed by atoms with Crippen LogP contribution in [0.4, 0.5) is 0 Å². The van der Waals surface area contributed by atoms with Crippen LogP contribution in [-0.2, 0) is 0 Å². The molecule has 1 nitrogen and oxygen atoms in total. The molecule has 0 spiro atoms. The fourth-order valence-corrected chi connectivity index (χ4v) is 25.3. The van der Waals surface area contributed by atoms with Crippen LogP contribution < -0.4 is 2.89 Å². The molecule has 2 aromatic carbocycles. The normalized spacial score (nSPS) is 12.2. The summed E-state index contributed by atoms with van der Waals surface area (Å²) in [7, 11) is 0. The number of para-hydroxylation sites is 2. The van der Waals surface area contributed by atoms with E-state index < -0.39 is 18.4 Å². The van der Waals surface area contributed by atoms with E-state index >= 15 is 0 Å². The zero-order valence-electron chi connectivity index (χ0n) is 19.5. The molecule has 164 valence electrons. The van der Waals surface area contributed by atoms with Gasteiger partial charge in [0.25, 0.3) is 0 Å². The van der Waals surface area contributed by atoms with E-state index in [0.29, 0.717) is 0 Å². The number of hydrogen-bond acceptors (Lipinski definition) is 1. The van der Waals surface area contributed by atoms with E-state index in [1.54, 1.807) is 0 Å². The van der Waals surface area contributed by atoms with E-state index in [0.717, 1.165) is 0 Å². The Bertz CT molecular complexity index is 1050. The maximum atomic E-state index is 2.56. The van der Waals surface area contributed by atoms with Crippen LogP contribution in [0.1, 0.15) is 59.3 Å². The predicted octanol–water partition coefficient (Wildman–Crippen LogP) is 8.90. The zero-order chi connectivity index (χ0) is 21.7. The molecule has 3 heteroatoms. The molecule has 0 aliphatic rings. The summed E-state index contributed by atoms with van der Waals surface area (Å²) in [5, 5.41) is 4.15. The van der Waals surface area contributed by atoms with Crippen LogP contribution in [0.5, 0.6) is 0 Å². The summed E-state index contributed by atoms with van der Waals surface area (Å²) in [4.78, 5) is 0. The monoisotopic (exact) mass is 539 g/mol. The first-order valence-corrected chi connectivity index (χ1v) is 20.6. The van der Waals surface area contributed by atoms with Crippen molar-refractivity contribution >= 4 is 54.4 Å². The Morgan fingerprint density at radius 1 is 0.645 bits per heavy atom. The van der Waals surface area contributed by atoms with E-state index in [-0.39, 0.29) is 0 Å². The Hall–Kier alpha value is -1.26. The zero-order valence-corrected chi connectivity index (χ0v) is 23.2. The van der Waals surface area contributed by atoms with Gasteiger partial charge in [0.1, 0.15) is 0 Å². The molecule has 0 radical (unpaired) electrons. The molecule has 0 amide bonds. The predicted molar refractivity (Wildman–Crippen MR) is 143 cm³/mol. The number of hydrogen-bond donors (Lipinski definition) is 0. The number of fused-ring (bicyclic) bond motifs is 3. The Balaban J connectivity index is 1.83. The van der Waals surface area contributed by atoms with Gasteiger partial charge in [-0.15, -0.1) is 0 Å². The van der Waals surface area contributed by atoms with E-state index in [2.05, 4.69) is 97.3 Å². The van der Waals surface area contributed by atoms with Crippen LogP contribution >= 0.6 is 11.3 Å². The number of nitrogens with zero attached hydrogens (tertiary/aromatic N) is 1. The van der Waals surface area contributed by atoms with Gasteiger partial charge in [0, 0.05) is 0 Å². The van der Waals surface area contributed by atoms with E-state index in [9.17, 15) is 0 Å². The van der Waals surface area contributed by atoms with Gasteiger partial charge in [0.2, 0.25) is 0 Å². The Kier molecular flexibility index (Phi) is 7.81. The summed E-state index contributed by atoms with van der Waals surface area (Å²) in [6, 6.07) is 22.8. The first kappa shape index (κ1) is 22.9. The van der Waals surface area contributed by atoms with Gasteiger partial charge in [-0.2, -0.15) is 0 Å². The van der Waals surface area contributed by atoms with Crippen molar-refractivity contribution in [3.8, 4) is 5.00 Å². The third-order valence-corrected chi connectivity index (χ3v) is 26.3. The van der Waals surface area contributed by atoms with E-state index in [1.807, 2.05) is 2.89 Å². The van der Waals surface area contributed by atoms with Crippen LogP contribution in [0.15, 0.2) is 60.7 Å². The Morgan fingerprint density at radius 3 is 1.61 bits per heavy atom. The summed E-state index contributed by atoms with van der Waals surface area (Å²) >= 11 is -0.246. The molecule has 31 heavy (non-hydrogen) atoms. The maximum absolute atomic E-state index is 2.56. The molecule has 0 aliphatic heterocycles. The topological polar surface area (TPSA) is 4.93 Å². The van der Waals surface area contributed by atoms with Gasteiger partial charge in [0.05, 0.1) is 0 Å². The first-order chi connectivity index (χ1) is 15.2. The molecule has 0 bridgehead atoms. The minimum absolute atomic E-state index is 1.34. The quantitative estimate of drug-likeness (QED) is 0.168. The van der Waals surface area contributed by atoms with E-state index in [1.165, 1.54) is 78.6 Å². The van der Waals surface area contributed by atoms with Crippen molar-refractivity contribution in [1.82, 2.24) is 4.57 Å². The summed E-state index contributed by atoms with van der Waals surface area (Å²) in [6.07, 6.45) is 8.27. The summed E-state index contributed by atoms with van der Waals surface area (Å²) in [5.41, 5.74) is 2.68. The molecular weight excluding hydrogens is 501 g/mol. The van der Waals surface area contributed by atoms with Gasteiger partial charge >= 0.3 is 197 Å². The van der Waals surface area contributed by atoms with Crippen LogP contribution in [0.2, 0.25) is 13.3 Å². The van der Waals surface area contributed by atoms with Gasteiger partial charge < -0.3 is 0 Å². The SMILES string of the molecule is CCC[CH2][Sn]([CH2]CCC)([CH2]CCC)[c]1ccc(-n2c3ccccc3c3ccccc32)s1. The molecule has 2 heterocycles. The second-order valence-electron chi connectivity index (χ2n) is 9.10. The van der Waals surface area contributed by atoms with Gasteiger partial charge in [-0.25, -0.2) is 0 Å². The van der Waals surface area contributed by atoms with Crippen LogP contribution in [-0.4, -0.2) is 22.9 Å². The van der Waals surface area contributed by atoms with Crippen LogP contribution in [0, 0.1) is 0 Å². The fraction of sp³-hybridized carbons (Fsp3) is 0.429. The standard InChI is InChI=1S/C16H10NS.3C4H9.Sn/c1-3-8-14-12(6-1)13-7-2-4-9-15(13)17(14)16-10-5-11-18-16;3*1-3-4-2;/h1-10H;3*1,3-4H2,2H3;. The summed E-state index contributed by atoms with van der Waals surface area (Å²) in [5.74, 6) is 0. The van der Waals surface area contributed by atoms with Crippen molar-refractivity contribution in [2.75, 3.05) is 0 Å². The van der Waals surface area contributed by atoms with Crippen molar-refractivity contribution < 1.29 is 0 Å². The van der Waals surface area contributed by atoms with Crippen molar-refractivity contribution in [2.24, 2.45) is 0 Å². The first-order valence-electron chi connectivity index (χ1n) is 12.3. The second-order valence-corrected chi connectivity index (χ2v) is 24.3. The van der Waals surface area contributed by atoms with Crippen LogP contribution in [0.3, 0.4) is 0 Å². The fourth-order valence-electron chi connectivity index (χ4n) is 5.18. The number of thiophene rings is 1. The third kappa shape index (κ3) is 4.61. The molecule has 0 fully saturated rings. The second kappa shape index (κ2) is 10.6. The molecule has 4 rings (SSSR count). The molecule has 0 aliphatic carbocycles. The molecule has 0 saturated carbocycles. The number of rotatable bonds is 11. The summed E-state index contributed by atoms with van der Waals surface area (Å²) < 4.78 is 8.96. The minimum atomic E-state index is -2.38. The molecule has 0 N–H and O–H groups in total. The van der Waals surface area contributed by atoms with Gasteiger partial charge in [-0.1, -0.05) is 0 Å². The van der Waals surface area contributed by atoms with Gasteiger partial charge in [-0.05, 0) is 0 Å². The molecule has 0 unspecified atom stereocenters. The third-order valence-electron chi connectivity index (χ3n) is 6.94. The van der Waals surface area contributed by atoms with Crippen molar-refractivity contribution in [3.05, 3.63) is 60.7 Å². The number of aromatic nitrogens is 1. The van der Waals surface area contributed by atoms with Gasteiger partial charge in [0.15, 0.2) is 0 Å². The molecular formula is C28H37NSSn. The average molecular weight is 538 g/mol. The molecule has 2 aromatic heterocycles. The summed E-state index contributed by atoms with van der Waals surface area (Å²) in [6.45, 7) is 7.11.